The van der Waals surface area contributed by atoms with Crippen molar-refractivity contribution >= 4 is 26.0 Å². The Morgan fingerprint density at radius 1 is 1.44 bits per heavy atom. The average Bonchev–Trinajstić information content (AvgIpc) is 1.63. The molecule has 0 aromatic carbocycles. The van der Waals surface area contributed by atoms with E-state index < -0.39 is 9.05 Å². The summed E-state index contributed by atoms with van der Waals surface area (Å²) in [6.45, 7) is 0. The van der Waals surface area contributed by atoms with Crippen LogP contribution in [0.5, 0.6) is 0 Å². The van der Waals surface area contributed by atoms with E-state index in [9.17, 15) is 13.2 Å². The van der Waals surface area contributed by atoms with Crippen LogP contribution in [0, 0.1) is 0 Å². The Bertz CT molecular complexity index is 172. The predicted octanol–water partition coefficient (Wildman–Crippen LogP) is 0.534. The zero-order valence-corrected chi connectivity index (χ0v) is 6.28. The van der Waals surface area contributed by atoms with Crippen molar-refractivity contribution < 1.29 is 13.2 Å². The highest BCUT2D eigenvalue weighted by atomic mass is 35.7. The molecule has 0 aliphatic rings. The summed E-state index contributed by atoms with van der Waals surface area (Å²) in [6.07, 6.45) is 1.24. The van der Waals surface area contributed by atoms with Gasteiger partial charge in [0.1, 0.15) is 6.29 Å². The molecule has 0 amide bonds. The minimum atomic E-state index is -3.38. The molecule has 0 unspecified atom stereocenters. The molecule has 0 aromatic heterocycles. The van der Waals surface area contributed by atoms with Gasteiger partial charge in [-0.25, -0.2) is 8.42 Å². The number of carbonyl (C=O) groups is 1. The van der Waals surface area contributed by atoms with E-state index in [1.165, 1.54) is 0 Å². The molecule has 0 aromatic rings. The lowest BCUT2D eigenvalue weighted by Crippen LogP contribution is -1.96. The van der Waals surface area contributed by atoms with Crippen molar-refractivity contribution in [2.24, 2.45) is 0 Å². The van der Waals surface area contributed by atoms with Gasteiger partial charge in [-0.1, -0.05) is 0 Å². The minimum absolute atomic E-state index is 0.118. The second-order valence-corrected chi connectivity index (χ2v) is 4.45. The first-order chi connectivity index (χ1) is 4.06. The van der Waals surface area contributed by atoms with Gasteiger partial charge >= 0.3 is 0 Å². The number of aldehydes is 1. The van der Waals surface area contributed by atoms with E-state index >= 15 is 0 Å². The highest BCUT2D eigenvalue weighted by Crippen LogP contribution is 1.99. The van der Waals surface area contributed by atoms with E-state index in [0.29, 0.717) is 12.7 Å². The molecule has 0 saturated heterocycles. The molecule has 0 fully saturated rings. The van der Waals surface area contributed by atoms with Gasteiger partial charge in [0, 0.05) is 17.1 Å². The van der Waals surface area contributed by atoms with Crippen LogP contribution in [0.25, 0.3) is 0 Å². The summed E-state index contributed by atoms with van der Waals surface area (Å²) in [7, 11) is 1.44. The lowest BCUT2D eigenvalue weighted by molar-refractivity contribution is -0.107. The molecule has 0 aliphatic carbocycles. The normalized spacial score (nSPS) is 11.2. The van der Waals surface area contributed by atoms with Gasteiger partial charge in [0.2, 0.25) is 9.05 Å². The van der Waals surface area contributed by atoms with Crippen molar-refractivity contribution in [2.45, 2.75) is 12.8 Å². The summed E-state index contributed by atoms with van der Waals surface area (Å²) in [5.41, 5.74) is 0. The van der Waals surface area contributed by atoms with Crippen LogP contribution in [0.3, 0.4) is 0 Å². The fraction of sp³-hybridized carbons (Fsp3) is 0.750. The number of unbranched alkanes of at least 4 members (excludes halogenated alkanes) is 1. The highest BCUT2D eigenvalue weighted by molar-refractivity contribution is 8.13. The van der Waals surface area contributed by atoms with Gasteiger partial charge in [-0.3, -0.25) is 0 Å². The first kappa shape index (κ1) is 8.91. The van der Waals surface area contributed by atoms with Gasteiger partial charge < -0.3 is 4.79 Å². The molecule has 5 heteroatoms. The fourth-order valence-electron chi connectivity index (χ4n) is 0.339. The number of halogens is 1. The van der Waals surface area contributed by atoms with Crippen LogP contribution in [0.2, 0.25) is 0 Å². The molecule has 3 nitrogen and oxygen atoms in total. The van der Waals surface area contributed by atoms with Crippen LogP contribution >= 0.6 is 10.7 Å². The standard InChI is InChI=1S/C4H7ClO3S/c5-9(7,8)4-2-1-3-6/h3H,1-2,4H2. The van der Waals surface area contributed by atoms with Gasteiger partial charge in [-0.2, -0.15) is 0 Å². The Morgan fingerprint density at radius 2 is 2.00 bits per heavy atom. The Labute approximate surface area is 58.4 Å². The Balaban J connectivity index is 3.40. The van der Waals surface area contributed by atoms with Gasteiger partial charge in [-0.15, -0.1) is 0 Å². The van der Waals surface area contributed by atoms with Gasteiger partial charge in [0.05, 0.1) is 5.75 Å². The third kappa shape index (κ3) is 7.91. The quantitative estimate of drug-likeness (QED) is 0.352. The molecular formula is C4H7ClO3S. The van der Waals surface area contributed by atoms with Crippen LogP contribution in [0.1, 0.15) is 12.8 Å². The third-order valence-corrected chi connectivity index (χ3v) is 1.95. The molecule has 9 heavy (non-hydrogen) atoms. The topological polar surface area (TPSA) is 51.2 Å². The molecule has 0 heterocycles. The maximum absolute atomic E-state index is 10.2. The summed E-state index contributed by atoms with van der Waals surface area (Å²) in [5.74, 6) is -0.118. The van der Waals surface area contributed by atoms with E-state index in [2.05, 4.69) is 0 Å². The van der Waals surface area contributed by atoms with Crippen LogP contribution < -0.4 is 0 Å². The maximum Gasteiger partial charge on any atom is 0.232 e. The van der Waals surface area contributed by atoms with Crippen molar-refractivity contribution in [1.29, 1.82) is 0 Å². The first-order valence-electron chi connectivity index (χ1n) is 2.42. The monoisotopic (exact) mass is 170 g/mol. The van der Waals surface area contributed by atoms with Crippen molar-refractivity contribution in [3.8, 4) is 0 Å². The van der Waals surface area contributed by atoms with Crippen molar-refractivity contribution in [3.05, 3.63) is 0 Å². The van der Waals surface area contributed by atoms with Gasteiger partial charge in [0.25, 0.3) is 0 Å². The zero-order chi connectivity index (χ0) is 7.33. The van der Waals surface area contributed by atoms with Crippen LogP contribution in [-0.4, -0.2) is 20.5 Å². The molecule has 0 bridgehead atoms. The number of rotatable bonds is 4. The SMILES string of the molecule is O=CCCCS(=O)(=O)Cl. The predicted molar refractivity (Wildman–Crippen MR) is 34.9 cm³/mol. The smallest absolute Gasteiger partial charge is 0.232 e. The van der Waals surface area contributed by atoms with E-state index in [4.69, 9.17) is 10.7 Å². The molecule has 0 spiro atoms. The molecule has 0 atom stereocenters. The summed E-state index contributed by atoms with van der Waals surface area (Å²) in [6, 6.07) is 0. The molecular weight excluding hydrogens is 164 g/mol. The first-order valence-corrected chi connectivity index (χ1v) is 4.90. The second kappa shape index (κ2) is 3.85. The van der Waals surface area contributed by atoms with Crippen LogP contribution in [0.4, 0.5) is 0 Å². The van der Waals surface area contributed by atoms with Gasteiger partial charge in [0.15, 0.2) is 0 Å². The summed E-state index contributed by atoms with van der Waals surface area (Å²) < 4.78 is 20.3. The van der Waals surface area contributed by atoms with Crippen molar-refractivity contribution in [1.82, 2.24) is 0 Å². The van der Waals surface area contributed by atoms with Crippen molar-refractivity contribution in [2.75, 3.05) is 5.75 Å². The largest absolute Gasteiger partial charge is 0.303 e. The molecule has 0 N–H and O–H groups in total. The van der Waals surface area contributed by atoms with Crippen LogP contribution in [-0.2, 0) is 13.8 Å². The summed E-state index contributed by atoms with van der Waals surface area (Å²) in [5, 5.41) is 0. The zero-order valence-electron chi connectivity index (χ0n) is 4.71. The Hall–Kier alpha value is -0.0900. The van der Waals surface area contributed by atoms with Crippen LogP contribution in [0.15, 0.2) is 0 Å². The number of hydrogen-bond acceptors (Lipinski definition) is 3. The Morgan fingerprint density at radius 3 is 2.33 bits per heavy atom. The summed E-state index contributed by atoms with van der Waals surface area (Å²) >= 11 is 0. The molecule has 54 valence electrons. The number of carbonyl (C=O) groups excluding carboxylic acids is 1. The Kier molecular flexibility index (Phi) is 3.81. The lowest BCUT2D eigenvalue weighted by atomic mass is 10.4. The maximum atomic E-state index is 10.2. The summed E-state index contributed by atoms with van der Waals surface area (Å²) in [4.78, 5) is 9.65. The molecule has 0 rings (SSSR count). The van der Waals surface area contributed by atoms with E-state index in [1.807, 2.05) is 0 Å². The minimum Gasteiger partial charge on any atom is -0.303 e. The average molecular weight is 171 g/mol. The van der Waals surface area contributed by atoms with E-state index in [-0.39, 0.29) is 12.2 Å². The third-order valence-electron chi connectivity index (χ3n) is 0.710. The van der Waals surface area contributed by atoms with Gasteiger partial charge in [-0.05, 0) is 6.42 Å². The molecule has 0 aliphatic heterocycles. The molecule has 0 radical (unpaired) electrons. The molecule has 0 saturated carbocycles. The fourth-order valence-corrected chi connectivity index (χ4v) is 1.18. The van der Waals surface area contributed by atoms with Crippen molar-refractivity contribution in [3.63, 3.8) is 0 Å². The lowest BCUT2D eigenvalue weighted by Gasteiger charge is -1.88. The highest BCUT2D eigenvalue weighted by Gasteiger charge is 2.02. The van der Waals surface area contributed by atoms with E-state index in [1.54, 1.807) is 0 Å². The number of hydrogen-bond donors (Lipinski definition) is 0. The second-order valence-electron chi connectivity index (χ2n) is 1.55. The van der Waals surface area contributed by atoms with E-state index in [0.717, 1.165) is 0 Å².